The van der Waals surface area contributed by atoms with Crippen LogP contribution in [0.15, 0.2) is 54.6 Å². The Balaban J connectivity index is 1.62. The number of anilines is 1. The summed E-state index contributed by atoms with van der Waals surface area (Å²) in [6.45, 7) is 11.8. The third kappa shape index (κ3) is 6.15. The topological polar surface area (TPSA) is 85.9 Å². The number of benzene rings is 2. The smallest absolute Gasteiger partial charge is 0.445 e. The monoisotopic (exact) mass is 452 g/mol. The van der Waals surface area contributed by atoms with Gasteiger partial charge in [0.2, 0.25) is 5.91 Å². The predicted octanol–water partition coefficient (Wildman–Crippen LogP) is 3.88. The zero-order valence-electron chi connectivity index (χ0n) is 20.2. The minimum Gasteiger partial charge on any atom is -0.445 e. The lowest BCUT2D eigenvalue weighted by Gasteiger charge is -2.32. The molecule has 2 aromatic carbocycles. The molecule has 3 rings (SSSR count). The summed E-state index contributed by atoms with van der Waals surface area (Å²) in [5.74, 6) is -0.465. The van der Waals surface area contributed by atoms with Crippen molar-refractivity contribution >= 4 is 30.3 Å². The van der Waals surface area contributed by atoms with Gasteiger partial charge in [-0.2, -0.15) is 0 Å². The number of carbonyl (C=O) groups is 2. The van der Waals surface area contributed by atoms with Crippen molar-refractivity contribution in [1.82, 2.24) is 5.32 Å². The maximum Gasteiger partial charge on any atom is 0.494 e. The van der Waals surface area contributed by atoms with Gasteiger partial charge < -0.3 is 24.7 Å². The first-order chi connectivity index (χ1) is 15.5. The first-order valence-corrected chi connectivity index (χ1v) is 11.2. The van der Waals surface area contributed by atoms with E-state index in [1.54, 1.807) is 6.07 Å². The molecule has 0 bridgehead atoms. The van der Waals surface area contributed by atoms with Gasteiger partial charge in [0, 0.05) is 5.69 Å². The van der Waals surface area contributed by atoms with Crippen LogP contribution in [0.1, 0.15) is 47.1 Å². The molecular formula is C25H33BN2O5. The second kappa shape index (κ2) is 9.97. The Morgan fingerprint density at radius 1 is 0.970 bits per heavy atom. The van der Waals surface area contributed by atoms with Gasteiger partial charge in [0.15, 0.2) is 0 Å². The van der Waals surface area contributed by atoms with E-state index in [9.17, 15) is 9.59 Å². The number of amides is 2. The number of ether oxygens (including phenoxy) is 1. The van der Waals surface area contributed by atoms with E-state index in [2.05, 4.69) is 10.6 Å². The van der Waals surface area contributed by atoms with Crippen molar-refractivity contribution in [1.29, 1.82) is 0 Å². The third-order valence-corrected chi connectivity index (χ3v) is 6.11. The van der Waals surface area contributed by atoms with Crippen molar-refractivity contribution in [2.24, 2.45) is 5.92 Å². The van der Waals surface area contributed by atoms with E-state index < -0.39 is 30.5 Å². The first kappa shape index (κ1) is 24.8. The maximum absolute atomic E-state index is 13.0. The average Bonchev–Trinajstić information content (AvgIpc) is 2.98. The summed E-state index contributed by atoms with van der Waals surface area (Å²) in [4.78, 5) is 25.3. The lowest BCUT2D eigenvalue weighted by Crippen LogP contribution is -2.47. The van der Waals surface area contributed by atoms with E-state index in [-0.39, 0.29) is 18.4 Å². The molecule has 0 radical (unpaired) electrons. The van der Waals surface area contributed by atoms with Gasteiger partial charge in [-0.15, -0.1) is 0 Å². The van der Waals surface area contributed by atoms with Crippen LogP contribution in [0, 0.1) is 5.92 Å². The SMILES string of the molecule is CC(C)[C@H](NC(=O)OCc1ccccc1)C(=O)Nc1cccc(B2OC(C)(C)C(C)(C)O2)c1. The molecule has 1 saturated heterocycles. The molecule has 1 atom stereocenters. The number of hydrogen-bond donors (Lipinski definition) is 2. The zero-order chi connectivity index (χ0) is 24.2. The molecule has 1 heterocycles. The summed E-state index contributed by atoms with van der Waals surface area (Å²) in [6, 6.07) is 16.0. The van der Waals surface area contributed by atoms with Crippen molar-refractivity contribution in [2.45, 2.75) is 65.4 Å². The normalized spacial score (nSPS) is 17.5. The molecule has 1 aliphatic heterocycles. The van der Waals surface area contributed by atoms with E-state index >= 15 is 0 Å². The second-order valence-corrected chi connectivity index (χ2v) is 9.63. The van der Waals surface area contributed by atoms with E-state index in [0.29, 0.717) is 5.69 Å². The largest absolute Gasteiger partial charge is 0.494 e. The fourth-order valence-electron chi connectivity index (χ4n) is 3.39. The number of alkyl carbamates (subject to hydrolysis) is 1. The quantitative estimate of drug-likeness (QED) is 0.623. The molecule has 0 saturated carbocycles. The summed E-state index contributed by atoms with van der Waals surface area (Å²) < 4.78 is 17.5. The van der Waals surface area contributed by atoms with Crippen LogP contribution in [0.5, 0.6) is 0 Å². The second-order valence-electron chi connectivity index (χ2n) is 9.63. The van der Waals surface area contributed by atoms with Crippen LogP contribution < -0.4 is 16.1 Å². The van der Waals surface area contributed by atoms with Crippen LogP contribution in [0.2, 0.25) is 0 Å². The van der Waals surface area contributed by atoms with E-state index in [1.165, 1.54) is 0 Å². The predicted molar refractivity (Wildman–Crippen MR) is 129 cm³/mol. The molecule has 0 spiro atoms. The highest BCUT2D eigenvalue weighted by atomic mass is 16.7. The fourth-order valence-corrected chi connectivity index (χ4v) is 3.39. The summed E-state index contributed by atoms with van der Waals surface area (Å²) in [7, 11) is -0.529. The Kier molecular flexibility index (Phi) is 7.49. The molecule has 0 unspecified atom stereocenters. The number of hydrogen-bond acceptors (Lipinski definition) is 5. The maximum atomic E-state index is 13.0. The highest BCUT2D eigenvalue weighted by molar-refractivity contribution is 6.62. The van der Waals surface area contributed by atoms with Gasteiger partial charge in [-0.3, -0.25) is 4.79 Å². The fraction of sp³-hybridized carbons (Fsp3) is 0.440. The van der Waals surface area contributed by atoms with Gasteiger partial charge in [0.05, 0.1) is 11.2 Å². The Labute approximate surface area is 196 Å². The molecule has 0 aliphatic carbocycles. The summed E-state index contributed by atoms with van der Waals surface area (Å²) >= 11 is 0. The summed E-state index contributed by atoms with van der Waals surface area (Å²) in [5, 5.41) is 5.56. The molecular weight excluding hydrogens is 419 g/mol. The molecule has 176 valence electrons. The average molecular weight is 452 g/mol. The van der Waals surface area contributed by atoms with Gasteiger partial charge >= 0.3 is 13.2 Å². The molecule has 2 N–H and O–H groups in total. The van der Waals surface area contributed by atoms with E-state index in [1.807, 2.05) is 90.1 Å². The van der Waals surface area contributed by atoms with Crippen LogP contribution in [0.25, 0.3) is 0 Å². The lowest BCUT2D eigenvalue weighted by molar-refractivity contribution is -0.119. The van der Waals surface area contributed by atoms with Crippen molar-refractivity contribution < 1.29 is 23.6 Å². The van der Waals surface area contributed by atoms with Crippen LogP contribution in [-0.2, 0) is 25.4 Å². The summed E-state index contributed by atoms with van der Waals surface area (Å²) in [6.07, 6.45) is -0.640. The Morgan fingerprint density at radius 2 is 1.61 bits per heavy atom. The van der Waals surface area contributed by atoms with E-state index in [0.717, 1.165) is 11.0 Å². The Hall–Kier alpha value is -2.84. The highest BCUT2D eigenvalue weighted by Gasteiger charge is 2.51. The van der Waals surface area contributed by atoms with Gasteiger partial charge in [0.1, 0.15) is 12.6 Å². The zero-order valence-corrected chi connectivity index (χ0v) is 20.2. The lowest BCUT2D eigenvalue weighted by atomic mass is 9.79. The standard InChI is InChI=1S/C25H33BN2O5/c1-17(2)21(28-23(30)31-16-18-11-8-7-9-12-18)22(29)27-20-14-10-13-19(15-20)26-32-24(3,4)25(5,6)33-26/h7-15,17,21H,16H2,1-6H3,(H,27,29)(H,28,30)/t21-/m0/s1. The molecule has 2 aromatic rings. The highest BCUT2D eigenvalue weighted by Crippen LogP contribution is 2.36. The van der Waals surface area contributed by atoms with Crippen LogP contribution in [0.3, 0.4) is 0 Å². The van der Waals surface area contributed by atoms with E-state index in [4.69, 9.17) is 14.0 Å². The minimum absolute atomic E-state index is 0.134. The van der Waals surface area contributed by atoms with Gasteiger partial charge in [-0.1, -0.05) is 56.3 Å². The van der Waals surface area contributed by atoms with Crippen LogP contribution in [-0.4, -0.2) is 36.4 Å². The van der Waals surface area contributed by atoms with Crippen LogP contribution in [0.4, 0.5) is 10.5 Å². The molecule has 1 aliphatic rings. The molecule has 0 aromatic heterocycles. The number of rotatable bonds is 7. The van der Waals surface area contributed by atoms with Gasteiger partial charge in [0.25, 0.3) is 0 Å². The molecule has 8 heteroatoms. The third-order valence-electron chi connectivity index (χ3n) is 6.11. The van der Waals surface area contributed by atoms with Crippen molar-refractivity contribution in [3.05, 3.63) is 60.2 Å². The van der Waals surface area contributed by atoms with Gasteiger partial charge in [-0.25, -0.2) is 4.79 Å². The number of nitrogens with one attached hydrogen (secondary N) is 2. The summed E-state index contributed by atoms with van der Waals surface area (Å²) in [5.41, 5.74) is 1.37. The minimum atomic E-state index is -0.756. The molecule has 1 fully saturated rings. The Morgan fingerprint density at radius 3 is 2.21 bits per heavy atom. The van der Waals surface area contributed by atoms with Crippen molar-refractivity contribution in [3.63, 3.8) is 0 Å². The number of carbonyl (C=O) groups excluding carboxylic acids is 2. The Bertz CT molecular complexity index is 962. The van der Waals surface area contributed by atoms with Gasteiger partial charge in [-0.05, 0) is 56.8 Å². The first-order valence-electron chi connectivity index (χ1n) is 11.2. The molecule has 2 amide bonds. The molecule has 7 nitrogen and oxygen atoms in total. The van der Waals surface area contributed by atoms with Crippen molar-refractivity contribution in [2.75, 3.05) is 5.32 Å². The van der Waals surface area contributed by atoms with Crippen molar-refractivity contribution in [3.8, 4) is 0 Å². The van der Waals surface area contributed by atoms with Crippen LogP contribution >= 0.6 is 0 Å². The molecule has 33 heavy (non-hydrogen) atoms.